The molecule has 7 nitrogen and oxygen atoms in total. The third-order valence-electron chi connectivity index (χ3n) is 5.03. The number of rotatable bonds is 7. The van der Waals surface area contributed by atoms with Crippen molar-refractivity contribution in [2.75, 3.05) is 19.8 Å². The van der Waals surface area contributed by atoms with Crippen LogP contribution in [0.2, 0.25) is 0 Å². The van der Waals surface area contributed by atoms with Gasteiger partial charge in [0.05, 0.1) is 36.5 Å². The van der Waals surface area contributed by atoms with Crippen LogP contribution in [0.4, 0.5) is 0 Å². The van der Waals surface area contributed by atoms with Crippen molar-refractivity contribution in [2.24, 2.45) is 0 Å². The summed E-state index contributed by atoms with van der Waals surface area (Å²) in [5, 5.41) is 0.457. The summed E-state index contributed by atoms with van der Waals surface area (Å²) in [6, 6.07) is 9.47. The molecule has 1 aliphatic rings. The number of aromatic nitrogens is 3. The molecule has 30 heavy (non-hydrogen) atoms. The summed E-state index contributed by atoms with van der Waals surface area (Å²) in [5.74, 6) is 0.411. The second-order valence-corrected chi connectivity index (χ2v) is 8.58. The van der Waals surface area contributed by atoms with E-state index in [1.165, 1.54) is 0 Å². The van der Waals surface area contributed by atoms with Gasteiger partial charge in [-0.1, -0.05) is 12.1 Å². The molecule has 1 aliphatic heterocycles. The van der Waals surface area contributed by atoms with Crippen LogP contribution in [-0.2, 0) is 26.4 Å². The van der Waals surface area contributed by atoms with Crippen molar-refractivity contribution in [3.8, 4) is 5.75 Å². The minimum absolute atomic E-state index is 0. The third-order valence-corrected chi connectivity index (χ3v) is 6.19. The van der Waals surface area contributed by atoms with E-state index in [0.717, 1.165) is 34.5 Å². The van der Waals surface area contributed by atoms with E-state index in [1.807, 2.05) is 44.2 Å². The van der Waals surface area contributed by atoms with E-state index < -0.39 is 17.0 Å². The Hall–Kier alpha value is -1.13. The summed E-state index contributed by atoms with van der Waals surface area (Å²) in [6.45, 7) is 5.76. The molecule has 1 saturated heterocycles. The van der Waals surface area contributed by atoms with Gasteiger partial charge < -0.3 is 18.8 Å². The zero-order valence-electron chi connectivity index (χ0n) is 16.6. The predicted octanol–water partition coefficient (Wildman–Crippen LogP) is 2.85. The number of hydrogen-bond acceptors (Lipinski definition) is 6. The van der Waals surface area contributed by atoms with E-state index in [9.17, 15) is 4.55 Å². The number of ether oxygens (including phenoxy) is 3. The first kappa shape index (κ1) is 23.5. The maximum absolute atomic E-state index is 12.8. The minimum atomic E-state index is -1.33. The monoisotopic (exact) mass is 439 g/mol. The van der Waals surface area contributed by atoms with Crippen LogP contribution >= 0.6 is 0 Å². The molecule has 1 aromatic carbocycles. The van der Waals surface area contributed by atoms with E-state index in [0.29, 0.717) is 31.4 Å². The van der Waals surface area contributed by atoms with Gasteiger partial charge in [0.1, 0.15) is 5.75 Å². The number of imidazole rings is 1. The first-order valence-corrected chi connectivity index (χ1v) is 11.0. The van der Waals surface area contributed by atoms with E-state index in [1.54, 1.807) is 6.20 Å². The van der Waals surface area contributed by atoms with Crippen LogP contribution in [0.15, 0.2) is 41.7 Å². The van der Waals surface area contributed by atoms with Gasteiger partial charge in [0.2, 0.25) is 0 Å². The molecule has 1 fully saturated rings. The molecule has 2 aromatic heterocycles. The molecule has 0 saturated carbocycles. The molecule has 1 unspecified atom stereocenters. The molecule has 0 bridgehead atoms. The number of H-pyrrole nitrogens is 1. The van der Waals surface area contributed by atoms with Crippen molar-refractivity contribution < 1.29 is 18.8 Å². The number of pyridine rings is 1. The number of nitrogens with zero attached hydrogens (tertiary/aromatic N) is 2. The van der Waals surface area contributed by atoms with Gasteiger partial charge in [-0.25, -0.2) is 0 Å². The van der Waals surface area contributed by atoms with Crippen LogP contribution in [0.3, 0.4) is 0 Å². The van der Waals surface area contributed by atoms with Crippen molar-refractivity contribution in [2.45, 2.75) is 43.4 Å². The third kappa shape index (κ3) is 5.56. The summed E-state index contributed by atoms with van der Waals surface area (Å²) in [7, 11) is 0. The van der Waals surface area contributed by atoms with Crippen LogP contribution in [0.5, 0.6) is 5.75 Å². The van der Waals surface area contributed by atoms with Crippen molar-refractivity contribution >= 4 is 51.8 Å². The first-order valence-electron chi connectivity index (χ1n) is 9.72. The fourth-order valence-corrected chi connectivity index (χ4v) is 4.36. The standard InChI is InChI=1S/C21H25N3O4S.Na.H/c1-15-18(14-29(25)20-23-16-6-3-4-7-17(16)24-20)22-10-8-19(15)26-13-9-21(2)27-11-5-12-28-21;;/h3-4,6-8,10H,5,9,11-14H2,1-2H3,(H,23,24);;. The van der Waals surface area contributed by atoms with Crippen molar-refractivity contribution in [3.63, 3.8) is 0 Å². The summed E-state index contributed by atoms with van der Waals surface area (Å²) in [5.41, 5.74) is 3.29. The molecule has 4 rings (SSSR count). The molecule has 1 atom stereocenters. The summed E-state index contributed by atoms with van der Waals surface area (Å²) >= 11 is -1.33. The van der Waals surface area contributed by atoms with Gasteiger partial charge in [-0.2, -0.15) is 4.98 Å². The zero-order valence-corrected chi connectivity index (χ0v) is 17.5. The van der Waals surface area contributed by atoms with Crippen LogP contribution in [0, 0.1) is 6.92 Å². The Kier molecular flexibility index (Phi) is 8.20. The first-order chi connectivity index (χ1) is 14.0. The van der Waals surface area contributed by atoms with Crippen LogP contribution in [0.25, 0.3) is 11.0 Å². The maximum atomic E-state index is 12.8. The topological polar surface area (TPSA) is 92.3 Å². The Bertz CT molecular complexity index is 945. The molecule has 0 radical (unpaired) electrons. The molecular weight excluding hydrogens is 413 g/mol. The predicted molar refractivity (Wildman–Crippen MR) is 117 cm³/mol. The average Bonchev–Trinajstić information content (AvgIpc) is 3.16. The Balaban J connectivity index is 0.00000256. The second-order valence-electron chi connectivity index (χ2n) is 7.21. The normalized spacial score (nSPS) is 16.8. The van der Waals surface area contributed by atoms with Gasteiger partial charge >= 0.3 is 34.7 Å². The Morgan fingerprint density at radius 3 is 2.77 bits per heavy atom. The fraction of sp³-hybridized carbons (Fsp3) is 0.429. The fourth-order valence-electron chi connectivity index (χ4n) is 3.26. The Morgan fingerprint density at radius 2 is 2.00 bits per heavy atom. The average molecular weight is 440 g/mol. The van der Waals surface area contributed by atoms with Crippen LogP contribution in [-0.4, -0.2) is 74.7 Å². The molecule has 0 amide bonds. The van der Waals surface area contributed by atoms with E-state index in [4.69, 9.17) is 14.2 Å². The summed E-state index contributed by atoms with van der Waals surface area (Å²) in [4.78, 5) is 12.0. The van der Waals surface area contributed by atoms with Crippen molar-refractivity contribution in [1.29, 1.82) is 0 Å². The molecule has 3 aromatic rings. The zero-order chi connectivity index (χ0) is 20.3. The number of hydrogen-bond donors (Lipinski definition) is 1. The number of nitrogens with one attached hydrogen (secondary N) is 1. The number of para-hydroxylation sites is 2. The van der Waals surface area contributed by atoms with Gasteiger partial charge in [0.25, 0.3) is 0 Å². The quantitative estimate of drug-likeness (QED) is 0.450. The summed E-state index contributed by atoms with van der Waals surface area (Å²) < 4.78 is 30.2. The second kappa shape index (κ2) is 10.5. The van der Waals surface area contributed by atoms with Gasteiger partial charge in [0, 0.05) is 29.4 Å². The van der Waals surface area contributed by atoms with E-state index >= 15 is 0 Å². The Labute approximate surface area is 201 Å². The van der Waals surface area contributed by atoms with Gasteiger partial charge in [-0.3, -0.25) is 9.97 Å². The number of aromatic amines is 1. The van der Waals surface area contributed by atoms with Gasteiger partial charge in [-0.15, -0.1) is 0 Å². The molecule has 156 valence electrons. The molecule has 0 aliphatic carbocycles. The van der Waals surface area contributed by atoms with E-state index in [-0.39, 0.29) is 35.3 Å². The summed E-state index contributed by atoms with van der Waals surface area (Å²) in [6.07, 6.45) is 3.24. The van der Waals surface area contributed by atoms with Crippen LogP contribution in [0.1, 0.15) is 31.0 Å². The molecule has 1 N–H and O–H groups in total. The number of fused-ring (bicyclic) bond motifs is 1. The van der Waals surface area contributed by atoms with Gasteiger partial charge in [0.15, 0.2) is 11.5 Å². The number of benzene rings is 1. The molecule has 9 heteroatoms. The van der Waals surface area contributed by atoms with Crippen molar-refractivity contribution in [3.05, 3.63) is 47.8 Å². The van der Waals surface area contributed by atoms with Crippen molar-refractivity contribution in [1.82, 2.24) is 15.0 Å². The SMILES string of the molecule is Cc1c(OCCC2(C)OCCCO2)ccnc1C[S+]([O-])c1nc2ccccc2[nH]1.[NaH]. The molecule has 0 spiro atoms. The van der Waals surface area contributed by atoms with Gasteiger partial charge in [-0.05, 0) is 38.5 Å². The van der Waals surface area contributed by atoms with E-state index in [2.05, 4.69) is 15.0 Å². The molecule has 3 heterocycles. The Morgan fingerprint density at radius 1 is 1.23 bits per heavy atom. The van der Waals surface area contributed by atoms with Crippen LogP contribution < -0.4 is 4.74 Å². The molecular formula is C21H26N3NaO4S.